The van der Waals surface area contributed by atoms with Crippen LogP contribution in [0.5, 0.6) is 0 Å². The van der Waals surface area contributed by atoms with E-state index in [0.29, 0.717) is 23.3 Å². The normalized spacial score (nSPS) is 20.6. The number of anilines is 1. The zero-order valence-corrected chi connectivity index (χ0v) is 17.9. The summed E-state index contributed by atoms with van der Waals surface area (Å²) >= 11 is 6.36. The molecule has 0 fully saturated rings. The van der Waals surface area contributed by atoms with Crippen LogP contribution in [-0.2, 0) is 9.59 Å². The molecule has 0 spiro atoms. The van der Waals surface area contributed by atoms with E-state index in [2.05, 4.69) is 0 Å². The minimum atomic E-state index is -1.15. The molecule has 0 radical (unpaired) electrons. The van der Waals surface area contributed by atoms with E-state index < -0.39 is 23.1 Å². The van der Waals surface area contributed by atoms with Crippen LogP contribution in [0, 0.1) is 11.2 Å². The Bertz CT molecular complexity index is 1150. The van der Waals surface area contributed by atoms with Crippen molar-refractivity contribution < 1.29 is 23.9 Å². The lowest BCUT2D eigenvalue weighted by Gasteiger charge is -2.43. The van der Waals surface area contributed by atoms with Crippen molar-refractivity contribution in [2.75, 3.05) is 4.90 Å². The van der Waals surface area contributed by atoms with Crippen LogP contribution in [0.3, 0.4) is 0 Å². The van der Waals surface area contributed by atoms with Gasteiger partial charge < -0.3 is 5.11 Å². The molecule has 0 saturated heterocycles. The second-order valence-corrected chi connectivity index (χ2v) is 9.19. The number of hydrogen-bond donors (Lipinski definition) is 1. The van der Waals surface area contributed by atoms with Crippen molar-refractivity contribution in [3.05, 3.63) is 75.7 Å². The van der Waals surface area contributed by atoms with Crippen molar-refractivity contribution in [2.24, 2.45) is 5.41 Å². The second-order valence-electron chi connectivity index (χ2n) is 8.78. The smallest absolute Gasteiger partial charge is 0.335 e. The van der Waals surface area contributed by atoms with E-state index in [4.69, 9.17) is 11.6 Å². The van der Waals surface area contributed by atoms with Crippen molar-refractivity contribution in [2.45, 2.75) is 39.0 Å². The van der Waals surface area contributed by atoms with E-state index in [-0.39, 0.29) is 40.8 Å². The highest BCUT2D eigenvalue weighted by molar-refractivity contribution is 6.34. The maximum absolute atomic E-state index is 14.6. The molecule has 31 heavy (non-hydrogen) atoms. The Morgan fingerprint density at radius 2 is 1.87 bits per heavy atom. The van der Waals surface area contributed by atoms with E-state index in [1.807, 2.05) is 13.8 Å². The summed E-state index contributed by atoms with van der Waals surface area (Å²) in [5.41, 5.74) is 0.962. The average Bonchev–Trinajstić information content (AvgIpc) is 2.67. The number of benzene rings is 2. The van der Waals surface area contributed by atoms with Crippen LogP contribution in [0.25, 0.3) is 0 Å². The lowest BCUT2D eigenvalue weighted by molar-refractivity contribution is -0.121. The zero-order chi connectivity index (χ0) is 22.5. The maximum Gasteiger partial charge on any atom is 0.335 e. The first-order valence-electron chi connectivity index (χ1n) is 9.95. The molecule has 1 amide bonds. The number of carboxylic acid groups (broad SMARTS) is 1. The Hall–Kier alpha value is -2.99. The summed E-state index contributed by atoms with van der Waals surface area (Å²) in [5, 5.41) is 9.59. The Balaban J connectivity index is 1.95. The number of carboxylic acids is 1. The Morgan fingerprint density at radius 1 is 1.16 bits per heavy atom. The molecule has 7 heteroatoms. The molecule has 0 bridgehead atoms. The highest BCUT2D eigenvalue weighted by atomic mass is 35.5. The first-order chi connectivity index (χ1) is 14.6. The fourth-order valence-corrected chi connectivity index (χ4v) is 4.74. The molecule has 1 atom stereocenters. The van der Waals surface area contributed by atoms with Crippen LogP contribution in [0.4, 0.5) is 10.1 Å². The average molecular weight is 442 g/mol. The number of Topliss-reactive ketones (excluding diaryl/α,β-unsaturated/α-hetero) is 1. The van der Waals surface area contributed by atoms with Crippen molar-refractivity contribution in [1.29, 1.82) is 0 Å². The van der Waals surface area contributed by atoms with E-state index in [1.165, 1.54) is 29.2 Å². The van der Waals surface area contributed by atoms with E-state index >= 15 is 0 Å². The number of rotatable bonds is 3. The van der Waals surface area contributed by atoms with Gasteiger partial charge in [0.2, 0.25) is 5.91 Å². The van der Waals surface area contributed by atoms with Crippen LogP contribution in [0.1, 0.15) is 54.9 Å². The molecule has 5 nitrogen and oxygen atoms in total. The van der Waals surface area contributed by atoms with Crippen LogP contribution < -0.4 is 4.90 Å². The molecule has 1 unspecified atom stereocenters. The summed E-state index contributed by atoms with van der Waals surface area (Å²) in [5.74, 6) is -2.81. The van der Waals surface area contributed by atoms with Crippen LogP contribution in [-0.4, -0.2) is 22.8 Å². The maximum atomic E-state index is 14.6. The van der Waals surface area contributed by atoms with Crippen molar-refractivity contribution in [3.8, 4) is 0 Å². The second kappa shape index (κ2) is 7.61. The molecule has 0 saturated carbocycles. The Labute approximate surface area is 184 Å². The first kappa shape index (κ1) is 21.2. The lowest BCUT2D eigenvalue weighted by Crippen LogP contribution is -2.44. The summed E-state index contributed by atoms with van der Waals surface area (Å²) in [6.07, 6.45) is 0.569. The van der Waals surface area contributed by atoms with E-state index in [1.54, 1.807) is 18.2 Å². The fourth-order valence-electron chi connectivity index (χ4n) is 4.54. The molecule has 0 aromatic heterocycles. The summed E-state index contributed by atoms with van der Waals surface area (Å²) in [7, 11) is 0. The predicted octanol–water partition coefficient (Wildman–Crippen LogP) is 5.34. The standard InChI is InChI=1S/C24H21ClFNO4/c1-24(2)11-19-22(20(28)12-24)15(14-5-3-4-6-17(14)26)10-21(29)27(19)18-9-13(23(30)31)7-8-16(18)25/h3-9,15H,10-12H2,1-2H3,(H,30,31). The van der Waals surface area contributed by atoms with Crippen LogP contribution >= 0.6 is 11.6 Å². The molecule has 1 N–H and O–H groups in total. The van der Waals surface area contributed by atoms with Gasteiger partial charge in [0.05, 0.1) is 16.3 Å². The van der Waals surface area contributed by atoms with Crippen LogP contribution in [0.15, 0.2) is 53.7 Å². The number of aromatic carboxylic acids is 1. The number of nitrogens with zero attached hydrogens (tertiary/aromatic N) is 1. The summed E-state index contributed by atoms with van der Waals surface area (Å²) in [6, 6.07) is 10.3. The molecule has 160 valence electrons. The zero-order valence-electron chi connectivity index (χ0n) is 17.1. The third-order valence-electron chi connectivity index (χ3n) is 5.86. The summed E-state index contributed by atoms with van der Waals surface area (Å²) < 4.78 is 14.6. The molecule has 1 aliphatic carbocycles. The molecule has 4 rings (SSSR count). The highest BCUT2D eigenvalue weighted by Crippen LogP contribution is 2.49. The minimum absolute atomic E-state index is 0.0213. The number of amides is 1. The number of halogens is 2. The number of ketones is 1. The van der Waals surface area contributed by atoms with Gasteiger partial charge in [-0.25, -0.2) is 9.18 Å². The Kier molecular flexibility index (Phi) is 5.21. The van der Waals surface area contributed by atoms with E-state index in [9.17, 15) is 23.9 Å². The van der Waals surface area contributed by atoms with Crippen molar-refractivity contribution in [1.82, 2.24) is 0 Å². The van der Waals surface area contributed by atoms with Gasteiger partial charge in [-0.05, 0) is 41.7 Å². The lowest BCUT2D eigenvalue weighted by atomic mass is 9.69. The van der Waals surface area contributed by atoms with Crippen molar-refractivity contribution >= 4 is 34.9 Å². The topological polar surface area (TPSA) is 74.7 Å². The molecule has 1 heterocycles. The van der Waals surface area contributed by atoms with Crippen LogP contribution in [0.2, 0.25) is 5.02 Å². The fraction of sp³-hybridized carbons (Fsp3) is 0.292. The number of allylic oxidation sites excluding steroid dienone is 2. The van der Waals surface area contributed by atoms with Crippen molar-refractivity contribution in [3.63, 3.8) is 0 Å². The van der Waals surface area contributed by atoms with Gasteiger partial charge in [-0.2, -0.15) is 0 Å². The summed E-state index contributed by atoms with van der Waals surface area (Å²) in [4.78, 5) is 39.4. The van der Waals surface area contributed by atoms with Gasteiger partial charge in [0.15, 0.2) is 5.78 Å². The number of carbonyl (C=O) groups excluding carboxylic acids is 2. The molecule has 2 aromatic carbocycles. The molecule has 1 aliphatic heterocycles. The van der Waals surface area contributed by atoms with E-state index in [0.717, 1.165) is 0 Å². The van der Waals surface area contributed by atoms with Gasteiger partial charge in [-0.3, -0.25) is 14.5 Å². The van der Waals surface area contributed by atoms with Gasteiger partial charge in [0, 0.05) is 30.0 Å². The predicted molar refractivity (Wildman–Crippen MR) is 115 cm³/mol. The first-order valence-corrected chi connectivity index (χ1v) is 10.3. The molecule has 2 aromatic rings. The molecular formula is C24H21ClFNO4. The monoisotopic (exact) mass is 441 g/mol. The van der Waals surface area contributed by atoms with Gasteiger partial charge in [-0.1, -0.05) is 43.6 Å². The third kappa shape index (κ3) is 3.76. The van der Waals surface area contributed by atoms with Gasteiger partial charge >= 0.3 is 5.97 Å². The number of carbonyl (C=O) groups is 3. The number of hydrogen-bond acceptors (Lipinski definition) is 3. The largest absolute Gasteiger partial charge is 0.478 e. The Morgan fingerprint density at radius 3 is 2.55 bits per heavy atom. The highest BCUT2D eigenvalue weighted by Gasteiger charge is 2.45. The SMILES string of the molecule is CC1(C)CC(=O)C2=C(C1)N(c1cc(C(=O)O)ccc1Cl)C(=O)CC2c1ccccc1F. The van der Waals surface area contributed by atoms with Gasteiger partial charge in [0.25, 0.3) is 0 Å². The van der Waals surface area contributed by atoms with Gasteiger partial charge in [0.1, 0.15) is 5.82 Å². The quantitative estimate of drug-likeness (QED) is 0.697. The third-order valence-corrected chi connectivity index (χ3v) is 6.18. The van der Waals surface area contributed by atoms with Gasteiger partial charge in [-0.15, -0.1) is 0 Å². The molecule has 2 aliphatic rings. The molecular weight excluding hydrogens is 421 g/mol. The minimum Gasteiger partial charge on any atom is -0.478 e. The summed E-state index contributed by atoms with van der Waals surface area (Å²) in [6.45, 7) is 3.86.